The van der Waals surface area contributed by atoms with Gasteiger partial charge < -0.3 is 19.5 Å². The normalized spacial score (nSPS) is 13.7. The molecule has 0 aliphatic heterocycles. The second-order valence-corrected chi connectivity index (χ2v) is 8.64. The first kappa shape index (κ1) is 21.6. The Bertz CT molecular complexity index is 1380. The van der Waals surface area contributed by atoms with Crippen molar-refractivity contribution in [3.05, 3.63) is 68.6 Å². The van der Waals surface area contributed by atoms with E-state index in [1.54, 1.807) is 13.2 Å². The first-order valence-corrected chi connectivity index (χ1v) is 10.8. The topological polar surface area (TPSA) is 103 Å². The van der Waals surface area contributed by atoms with Crippen LogP contribution in [0.15, 0.2) is 41.3 Å². The highest BCUT2D eigenvalue weighted by molar-refractivity contribution is 5.83. The van der Waals surface area contributed by atoms with Crippen molar-refractivity contribution in [2.75, 3.05) is 7.11 Å². The summed E-state index contributed by atoms with van der Waals surface area (Å²) < 4.78 is 7.79. The third kappa shape index (κ3) is 3.43. The number of ether oxygens (including phenoxy) is 1. The smallest absolute Gasteiger partial charge is 0.272 e. The summed E-state index contributed by atoms with van der Waals surface area (Å²) in [5.74, 6) is 0.706. The Morgan fingerprint density at radius 2 is 1.84 bits per heavy atom. The summed E-state index contributed by atoms with van der Waals surface area (Å²) >= 11 is 0. The summed E-state index contributed by atoms with van der Waals surface area (Å²) in [4.78, 5) is 13.0. The van der Waals surface area contributed by atoms with Crippen molar-refractivity contribution < 1.29 is 14.9 Å². The number of fused-ring (bicyclic) bond motifs is 1. The van der Waals surface area contributed by atoms with Gasteiger partial charge in [0, 0.05) is 29.1 Å². The number of methoxy groups -OCH3 is 1. The number of rotatable bonds is 5. The number of H-pyrrole nitrogens is 2. The second-order valence-electron chi connectivity index (χ2n) is 8.64. The van der Waals surface area contributed by atoms with Crippen LogP contribution in [0.1, 0.15) is 57.2 Å². The van der Waals surface area contributed by atoms with Crippen LogP contribution in [-0.2, 0) is 4.74 Å². The summed E-state index contributed by atoms with van der Waals surface area (Å²) in [7, 11) is 1.64. The fraction of sp³-hybridized carbons (Fsp3) is 0.320. The molecule has 32 heavy (non-hydrogen) atoms. The second kappa shape index (κ2) is 8.15. The van der Waals surface area contributed by atoms with E-state index in [4.69, 9.17) is 4.74 Å². The number of phenolic OH excluding ortho intramolecular Hbond substituents is 2. The molecular formula is C25H29N3O4. The van der Waals surface area contributed by atoms with Crippen LogP contribution >= 0.6 is 0 Å². The van der Waals surface area contributed by atoms with Gasteiger partial charge in [-0.25, -0.2) is 0 Å². The Hall–Kier alpha value is -3.61. The van der Waals surface area contributed by atoms with Gasteiger partial charge in [0.15, 0.2) is 0 Å². The van der Waals surface area contributed by atoms with Crippen molar-refractivity contribution in [1.82, 2.24) is 14.8 Å². The molecule has 0 saturated carbocycles. The van der Waals surface area contributed by atoms with Crippen molar-refractivity contribution in [1.29, 1.82) is 0 Å². The molecule has 0 radical (unpaired) electrons. The van der Waals surface area contributed by atoms with Crippen LogP contribution in [0.3, 0.4) is 0 Å². The van der Waals surface area contributed by atoms with E-state index in [0.717, 1.165) is 21.9 Å². The lowest BCUT2D eigenvalue weighted by Crippen LogP contribution is -2.34. The standard InChI is InChI=1S/C25H29N3O4/c1-13(2)17-11-18(20(30)12-19(17)29)23-22(25(31)27-26-23)15-7-6-8-21(32-5)24-16(15)9-10-28(24)14(3)4/h6,8-14,29-30H,7H2,1-5H3,(H2,26,27,31). The van der Waals surface area contributed by atoms with Crippen molar-refractivity contribution in [2.45, 2.75) is 46.1 Å². The molecule has 0 spiro atoms. The molecule has 2 heterocycles. The highest BCUT2D eigenvalue weighted by atomic mass is 16.5. The van der Waals surface area contributed by atoms with Crippen molar-refractivity contribution in [2.24, 2.45) is 0 Å². The number of aromatic amines is 2. The SMILES string of the molecule is COC1=c2c(ccn2C(C)C)=C(c2c(-c3cc(C(C)C)c(O)cc3O)[nH][nH]c2=O)CC=C1. The molecule has 0 bridgehead atoms. The van der Waals surface area contributed by atoms with Crippen LogP contribution in [0.5, 0.6) is 11.5 Å². The van der Waals surface area contributed by atoms with Gasteiger partial charge >= 0.3 is 0 Å². The molecule has 7 nitrogen and oxygen atoms in total. The van der Waals surface area contributed by atoms with E-state index in [2.05, 4.69) is 28.6 Å². The lowest BCUT2D eigenvalue weighted by atomic mass is 9.93. The molecule has 1 aliphatic rings. The molecule has 4 rings (SSSR count). The Labute approximate surface area is 186 Å². The highest BCUT2D eigenvalue weighted by Gasteiger charge is 2.23. The zero-order chi connectivity index (χ0) is 23.2. The number of aromatic hydroxyl groups is 2. The van der Waals surface area contributed by atoms with Gasteiger partial charge in [0.25, 0.3) is 5.56 Å². The Kier molecular flexibility index (Phi) is 5.50. The van der Waals surface area contributed by atoms with Gasteiger partial charge in [-0.1, -0.05) is 19.9 Å². The molecule has 4 N–H and O–H groups in total. The lowest BCUT2D eigenvalue weighted by molar-refractivity contribution is 0.365. The van der Waals surface area contributed by atoms with Crippen molar-refractivity contribution in [3.8, 4) is 22.8 Å². The minimum atomic E-state index is -0.272. The predicted molar refractivity (Wildman–Crippen MR) is 125 cm³/mol. The Morgan fingerprint density at radius 3 is 2.50 bits per heavy atom. The van der Waals surface area contributed by atoms with Crippen LogP contribution in [0.25, 0.3) is 22.6 Å². The average molecular weight is 436 g/mol. The van der Waals surface area contributed by atoms with E-state index in [0.29, 0.717) is 28.8 Å². The fourth-order valence-corrected chi connectivity index (χ4v) is 4.36. The minimum Gasteiger partial charge on any atom is -0.508 e. The van der Waals surface area contributed by atoms with Gasteiger partial charge in [0.2, 0.25) is 0 Å². The number of nitrogens with one attached hydrogen (secondary N) is 2. The molecule has 1 aromatic carbocycles. The minimum absolute atomic E-state index is 0.0290. The third-order valence-electron chi connectivity index (χ3n) is 5.96. The molecule has 0 amide bonds. The quantitative estimate of drug-likeness (QED) is 0.494. The van der Waals surface area contributed by atoms with Gasteiger partial charge in [-0.15, -0.1) is 0 Å². The molecular weight excluding hydrogens is 406 g/mol. The molecule has 0 saturated heterocycles. The summed E-state index contributed by atoms with van der Waals surface area (Å²) in [5.41, 5.74) is 2.66. The summed E-state index contributed by atoms with van der Waals surface area (Å²) in [6.07, 6.45) is 6.43. The van der Waals surface area contributed by atoms with Crippen molar-refractivity contribution >= 4 is 11.3 Å². The van der Waals surface area contributed by atoms with Gasteiger partial charge in [-0.05, 0) is 55.5 Å². The van der Waals surface area contributed by atoms with Crippen LogP contribution < -0.4 is 16.1 Å². The van der Waals surface area contributed by atoms with E-state index >= 15 is 0 Å². The summed E-state index contributed by atoms with van der Waals surface area (Å²) in [6, 6.07) is 5.27. The van der Waals surface area contributed by atoms with Crippen LogP contribution in [-0.4, -0.2) is 32.1 Å². The number of hydrogen-bond acceptors (Lipinski definition) is 4. The zero-order valence-corrected chi connectivity index (χ0v) is 19.0. The molecule has 0 unspecified atom stereocenters. The maximum Gasteiger partial charge on any atom is 0.272 e. The third-order valence-corrected chi connectivity index (χ3v) is 5.96. The fourth-order valence-electron chi connectivity index (χ4n) is 4.36. The predicted octanol–water partition coefficient (Wildman–Crippen LogP) is 3.20. The van der Waals surface area contributed by atoms with E-state index in [1.165, 1.54) is 6.07 Å². The summed E-state index contributed by atoms with van der Waals surface area (Å²) in [5, 5.41) is 28.4. The van der Waals surface area contributed by atoms with E-state index in [1.807, 2.05) is 38.3 Å². The Balaban J connectivity index is 2.08. The van der Waals surface area contributed by atoms with E-state index in [-0.39, 0.29) is 29.0 Å². The lowest BCUT2D eigenvalue weighted by Gasteiger charge is -2.13. The molecule has 0 fully saturated rings. The van der Waals surface area contributed by atoms with Crippen LogP contribution in [0, 0.1) is 0 Å². The number of aromatic nitrogens is 3. The highest BCUT2D eigenvalue weighted by Crippen LogP contribution is 2.39. The molecule has 2 aromatic heterocycles. The zero-order valence-electron chi connectivity index (χ0n) is 19.0. The molecule has 0 atom stereocenters. The van der Waals surface area contributed by atoms with Gasteiger partial charge in [0.1, 0.15) is 17.3 Å². The summed E-state index contributed by atoms with van der Waals surface area (Å²) in [6.45, 7) is 8.12. The van der Waals surface area contributed by atoms with Gasteiger partial charge in [-0.2, -0.15) is 0 Å². The number of phenols is 2. The average Bonchev–Trinajstić information content (AvgIpc) is 3.28. The van der Waals surface area contributed by atoms with E-state index < -0.39 is 0 Å². The number of hydrogen-bond donors (Lipinski definition) is 4. The Morgan fingerprint density at radius 1 is 1.09 bits per heavy atom. The molecule has 7 heteroatoms. The maximum absolute atomic E-state index is 13.0. The first-order chi connectivity index (χ1) is 15.2. The maximum atomic E-state index is 13.0. The molecule has 168 valence electrons. The van der Waals surface area contributed by atoms with E-state index in [9.17, 15) is 15.0 Å². The number of allylic oxidation sites excluding steroid dienone is 1. The monoisotopic (exact) mass is 435 g/mol. The van der Waals surface area contributed by atoms with Gasteiger partial charge in [-0.3, -0.25) is 15.0 Å². The number of benzene rings is 1. The van der Waals surface area contributed by atoms with Crippen molar-refractivity contribution in [3.63, 3.8) is 0 Å². The first-order valence-electron chi connectivity index (χ1n) is 10.8. The number of nitrogens with zero attached hydrogens (tertiary/aromatic N) is 1. The molecule has 3 aromatic rings. The largest absolute Gasteiger partial charge is 0.508 e. The molecule has 1 aliphatic carbocycles. The van der Waals surface area contributed by atoms with Crippen LogP contribution in [0.4, 0.5) is 0 Å². The van der Waals surface area contributed by atoms with Gasteiger partial charge in [0.05, 0.1) is 23.7 Å². The van der Waals surface area contributed by atoms with Crippen LogP contribution in [0.2, 0.25) is 0 Å².